The van der Waals surface area contributed by atoms with Gasteiger partial charge in [0, 0.05) is 25.6 Å². The van der Waals surface area contributed by atoms with Crippen molar-refractivity contribution in [2.75, 3.05) is 26.5 Å². The number of benzene rings is 2. The Morgan fingerprint density at radius 2 is 1.50 bits per heavy atom. The van der Waals surface area contributed by atoms with E-state index in [1.807, 2.05) is 30.3 Å². The third-order valence-electron chi connectivity index (χ3n) is 9.38. The van der Waals surface area contributed by atoms with Gasteiger partial charge in [0.1, 0.15) is 6.79 Å². The zero-order chi connectivity index (χ0) is 30.2. The van der Waals surface area contributed by atoms with E-state index in [4.69, 9.17) is 9.47 Å². The summed E-state index contributed by atoms with van der Waals surface area (Å²) in [5.74, 6) is -1.84. The fourth-order valence-electron chi connectivity index (χ4n) is 6.67. The van der Waals surface area contributed by atoms with Gasteiger partial charge in [-0.2, -0.15) is 26.3 Å². The highest BCUT2D eigenvalue weighted by molar-refractivity contribution is 5.84. The quantitative estimate of drug-likeness (QED) is 0.377. The lowest BCUT2D eigenvalue weighted by atomic mass is 9.73. The molecule has 2 aromatic carbocycles. The molecule has 2 aliphatic heterocycles. The first-order valence-electron chi connectivity index (χ1n) is 14.4. The molecule has 5 rings (SSSR count). The summed E-state index contributed by atoms with van der Waals surface area (Å²) < 4.78 is 92.1. The van der Waals surface area contributed by atoms with Gasteiger partial charge in [0.15, 0.2) is 0 Å². The van der Waals surface area contributed by atoms with E-state index < -0.39 is 40.8 Å². The molecule has 0 aromatic heterocycles. The van der Waals surface area contributed by atoms with E-state index in [1.54, 1.807) is 0 Å². The molecule has 5 nitrogen and oxygen atoms in total. The Labute approximate surface area is 241 Å². The molecule has 3 aliphatic rings. The van der Waals surface area contributed by atoms with Crippen molar-refractivity contribution in [3.8, 4) is 0 Å². The minimum absolute atomic E-state index is 0.0808. The first-order valence-corrected chi connectivity index (χ1v) is 14.4. The summed E-state index contributed by atoms with van der Waals surface area (Å²) >= 11 is 0. The van der Waals surface area contributed by atoms with Crippen molar-refractivity contribution in [3.05, 3.63) is 70.8 Å². The number of nitrogens with one attached hydrogen (secondary N) is 1. The number of amides is 1. The number of alkyl halides is 6. The van der Waals surface area contributed by atoms with Gasteiger partial charge < -0.3 is 19.7 Å². The van der Waals surface area contributed by atoms with E-state index in [2.05, 4.69) is 10.2 Å². The molecular weight excluding hydrogens is 562 g/mol. The Hall–Kier alpha value is -2.63. The largest absolute Gasteiger partial charge is 0.416 e. The Kier molecular flexibility index (Phi) is 8.66. The van der Waals surface area contributed by atoms with E-state index in [-0.39, 0.29) is 17.2 Å². The zero-order valence-electron chi connectivity index (χ0n) is 23.5. The standard InChI is InChI=1S/C31H36F6N2O3/c1-21(22-17-24(30(32,33)34)19-25(18-22)31(35,36)37)27(40)38-29(23-5-3-2-4-6-23)9-7-26(8-10-29)39-14-11-28(12-15-39)13-16-41-20-42-28/h2-6,17-19,21,26H,7-16,20H2,1H3,(H,38,40)/t21-,26?,29?/m1/s1. The lowest BCUT2D eigenvalue weighted by Crippen LogP contribution is -2.55. The number of ether oxygens (including phenoxy) is 2. The predicted octanol–water partition coefficient (Wildman–Crippen LogP) is 7.01. The van der Waals surface area contributed by atoms with Gasteiger partial charge in [-0.15, -0.1) is 0 Å². The van der Waals surface area contributed by atoms with Crippen LogP contribution in [0.2, 0.25) is 0 Å². The highest BCUT2D eigenvalue weighted by atomic mass is 19.4. The predicted molar refractivity (Wildman–Crippen MR) is 143 cm³/mol. The molecule has 0 radical (unpaired) electrons. The van der Waals surface area contributed by atoms with Gasteiger partial charge in [0.05, 0.1) is 34.8 Å². The van der Waals surface area contributed by atoms with Gasteiger partial charge >= 0.3 is 12.4 Å². The number of piperidine rings is 1. The van der Waals surface area contributed by atoms with Crippen molar-refractivity contribution in [2.24, 2.45) is 0 Å². The molecular formula is C31H36F6N2O3. The van der Waals surface area contributed by atoms with E-state index in [9.17, 15) is 31.1 Å². The number of hydrogen-bond acceptors (Lipinski definition) is 4. The summed E-state index contributed by atoms with van der Waals surface area (Å²) in [7, 11) is 0. The summed E-state index contributed by atoms with van der Waals surface area (Å²) in [5.41, 5.74) is -3.21. The van der Waals surface area contributed by atoms with Crippen molar-refractivity contribution < 1.29 is 40.6 Å². The van der Waals surface area contributed by atoms with Crippen LogP contribution in [0.1, 0.15) is 80.0 Å². The SMILES string of the molecule is C[C@@H](C(=O)NC1(c2ccccc2)CCC(N2CCC3(CCOCO3)CC2)CC1)c1cc(C(F)(F)F)cc(C(F)(F)F)c1. The highest BCUT2D eigenvalue weighted by Crippen LogP contribution is 2.42. The third kappa shape index (κ3) is 6.63. The summed E-state index contributed by atoms with van der Waals surface area (Å²) in [6, 6.07) is 11.1. The van der Waals surface area contributed by atoms with Gasteiger partial charge in [-0.05, 0) is 74.8 Å². The average molecular weight is 599 g/mol. The lowest BCUT2D eigenvalue weighted by Gasteiger charge is -2.49. The van der Waals surface area contributed by atoms with Gasteiger partial charge in [0.2, 0.25) is 5.91 Å². The van der Waals surface area contributed by atoms with Gasteiger partial charge in [-0.25, -0.2) is 0 Å². The van der Waals surface area contributed by atoms with Crippen molar-refractivity contribution >= 4 is 5.91 Å². The number of nitrogens with zero attached hydrogens (tertiary/aromatic N) is 1. The molecule has 2 aromatic rings. The maximum Gasteiger partial charge on any atom is 0.416 e. The number of carbonyl (C=O) groups is 1. The summed E-state index contributed by atoms with van der Waals surface area (Å²) in [6.45, 7) is 4.20. The van der Waals surface area contributed by atoms with E-state index in [1.165, 1.54) is 6.92 Å². The Morgan fingerprint density at radius 3 is 2.02 bits per heavy atom. The molecule has 42 heavy (non-hydrogen) atoms. The summed E-state index contributed by atoms with van der Waals surface area (Å²) in [5, 5.41) is 3.08. The van der Waals surface area contributed by atoms with Crippen LogP contribution in [0, 0.1) is 0 Å². The molecule has 2 saturated heterocycles. The Morgan fingerprint density at radius 1 is 0.905 bits per heavy atom. The second kappa shape index (κ2) is 11.8. The smallest absolute Gasteiger partial charge is 0.355 e. The first kappa shape index (κ1) is 30.8. The average Bonchev–Trinajstić information content (AvgIpc) is 2.97. The fourth-order valence-corrected chi connectivity index (χ4v) is 6.67. The molecule has 1 spiro atoms. The van der Waals surface area contributed by atoms with Crippen LogP contribution in [-0.2, 0) is 32.2 Å². The molecule has 0 unspecified atom stereocenters. The van der Waals surface area contributed by atoms with Gasteiger partial charge in [0.25, 0.3) is 0 Å². The monoisotopic (exact) mass is 598 g/mol. The van der Waals surface area contributed by atoms with Crippen LogP contribution in [0.3, 0.4) is 0 Å². The second-order valence-corrected chi connectivity index (χ2v) is 11.9. The maximum atomic E-state index is 13.6. The zero-order valence-corrected chi connectivity index (χ0v) is 23.5. The van der Waals surface area contributed by atoms with Crippen LogP contribution in [0.25, 0.3) is 0 Å². The van der Waals surface area contributed by atoms with E-state index in [0.29, 0.717) is 44.4 Å². The Bertz CT molecular complexity index is 1190. The third-order valence-corrected chi connectivity index (χ3v) is 9.38. The van der Waals surface area contributed by atoms with Crippen LogP contribution in [-0.4, -0.2) is 48.9 Å². The molecule has 1 atom stereocenters. The van der Waals surface area contributed by atoms with Crippen LogP contribution >= 0.6 is 0 Å². The fraction of sp³-hybridized carbons (Fsp3) is 0.581. The number of carbonyl (C=O) groups excluding carboxylic acids is 1. The molecule has 0 bridgehead atoms. The van der Waals surface area contributed by atoms with Crippen molar-refractivity contribution in [2.45, 2.75) is 87.3 Å². The van der Waals surface area contributed by atoms with Gasteiger partial charge in [-0.1, -0.05) is 30.3 Å². The lowest BCUT2D eigenvalue weighted by molar-refractivity contribution is -0.210. The van der Waals surface area contributed by atoms with Crippen molar-refractivity contribution in [3.63, 3.8) is 0 Å². The second-order valence-electron chi connectivity index (χ2n) is 11.9. The number of likely N-dealkylation sites (tertiary alicyclic amines) is 1. The molecule has 1 N–H and O–H groups in total. The van der Waals surface area contributed by atoms with Crippen LogP contribution in [0.5, 0.6) is 0 Å². The summed E-state index contributed by atoms with van der Waals surface area (Å²) in [6.07, 6.45) is -4.43. The van der Waals surface area contributed by atoms with Crippen LogP contribution in [0.4, 0.5) is 26.3 Å². The number of hydrogen-bond donors (Lipinski definition) is 1. The molecule has 1 saturated carbocycles. The molecule has 1 amide bonds. The Balaban J connectivity index is 1.32. The molecule has 230 valence electrons. The molecule has 2 heterocycles. The molecule has 3 fully saturated rings. The summed E-state index contributed by atoms with van der Waals surface area (Å²) in [4.78, 5) is 16.0. The minimum Gasteiger partial charge on any atom is -0.355 e. The first-order chi connectivity index (χ1) is 19.8. The normalized spacial score (nSPS) is 26.1. The van der Waals surface area contributed by atoms with Gasteiger partial charge in [-0.3, -0.25) is 4.79 Å². The molecule has 1 aliphatic carbocycles. The molecule has 11 heteroatoms. The van der Waals surface area contributed by atoms with Crippen LogP contribution < -0.4 is 5.32 Å². The number of rotatable bonds is 5. The topological polar surface area (TPSA) is 50.8 Å². The number of halogens is 6. The van der Waals surface area contributed by atoms with E-state index in [0.717, 1.165) is 50.8 Å². The van der Waals surface area contributed by atoms with Crippen LogP contribution in [0.15, 0.2) is 48.5 Å². The minimum atomic E-state index is -4.99. The van der Waals surface area contributed by atoms with Crippen molar-refractivity contribution in [1.29, 1.82) is 0 Å². The van der Waals surface area contributed by atoms with Crippen molar-refractivity contribution in [1.82, 2.24) is 10.2 Å². The van der Waals surface area contributed by atoms with E-state index >= 15 is 0 Å². The highest BCUT2D eigenvalue weighted by Gasteiger charge is 2.44. The maximum absolute atomic E-state index is 13.6.